The molecule has 0 bridgehead atoms. The van der Waals surface area contributed by atoms with E-state index < -0.39 is 0 Å². The Labute approximate surface area is 565 Å². The van der Waals surface area contributed by atoms with Gasteiger partial charge in [-0.05, 0) is 168 Å². The maximum absolute atomic E-state index is 6.64. The number of nitrogens with zero attached hydrogens (tertiary/aromatic N) is 8. The van der Waals surface area contributed by atoms with Gasteiger partial charge >= 0.3 is 0 Å². The quantitative estimate of drug-likeness (QED) is 0.128. The lowest BCUT2D eigenvalue weighted by molar-refractivity contribution is 0.669. The number of thiophene rings is 1. The molecule has 98 heavy (non-hydrogen) atoms. The zero-order chi connectivity index (χ0) is 64.4. The average molecular weight is 1270 g/mol. The van der Waals surface area contributed by atoms with Gasteiger partial charge < -0.3 is 14.2 Å². The van der Waals surface area contributed by atoms with E-state index in [0.717, 1.165) is 155 Å². The van der Waals surface area contributed by atoms with E-state index in [1.54, 1.807) is 0 Å². The maximum atomic E-state index is 6.64. The minimum atomic E-state index is 0.651. The fourth-order valence-corrected chi connectivity index (χ4v) is 16.0. The van der Waals surface area contributed by atoms with Crippen molar-refractivity contribution in [3.05, 3.63) is 328 Å². The Hall–Kier alpha value is -13.0. The fourth-order valence-electron chi connectivity index (χ4n) is 14.9. The molecular formula is C88H54N8OS. The van der Waals surface area contributed by atoms with Crippen LogP contribution in [0.3, 0.4) is 0 Å². The lowest BCUT2D eigenvalue weighted by atomic mass is 9.95. The molecule has 8 heterocycles. The van der Waals surface area contributed by atoms with E-state index in [0.29, 0.717) is 11.3 Å². The molecule has 0 radical (unpaired) electrons. The molecule has 10 heteroatoms. The van der Waals surface area contributed by atoms with Gasteiger partial charge in [0.15, 0.2) is 16.9 Å². The highest BCUT2D eigenvalue weighted by Gasteiger charge is 2.25. The third-order valence-electron chi connectivity index (χ3n) is 19.4. The van der Waals surface area contributed by atoms with Crippen LogP contribution in [0.5, 0.6) is 0 Å². The summed E-state index contributed by atoms with van der Waals surface area (Å²) in [5.74, 6) is 1.58. The van der Waals surface area contributed by atoms with Crippen molar-refractivity contribution < 1.29 is 4.42 Å². The van der Waals surface area contributed by atoms with Gasteiger partial charge in [0.2, 0.25) is 0 Å². The Morgan fingerprint density at radius 3 is 1.63 bits per heavy atom. The molecule has 12 aromatic carbocycles. The molecule has 458 valence electrons. The first-order valence-corrected chi connectivity index (χ1v) is 33.7. The van der Waals surface area contributed by atoms with E-state index in [1.807, 2.05) is 41.9 Å². The largest absolute Gasteiger partial charge is 0.454 e. The van der Waals surface area contributed by atoms with E-state index in [2.05, 4.69) is 316 Å². The van der Waals surface area contributed by atoms with Crippen molar-refractivity contribution in [2.24, 2.45) is 0 Å². The molecule has 0 aliphatic rings. The molecule has 9 nitrogen and oxygen atoms in total. The number of benzene rings is 12. The van der Waals surface area contributed by atoms with Gasteiger partial charge in [-0.25, -0.2) is 19.9 Å². The Kier molecular flexibility index (Phi) is 12.6. The van der Waals surface area contributed by atoms with Crippen LogP contribution in [0.4, 0.5) is 34.1 Å². The lowest BCUT2D eigenvalue weighted by Crippen LogP contribution is -2.10. The third kappa shape index (κ3) is 8.92. The molecule has 20 rings (SSSR count). The van der Waals surface area contributed by atoms with Gasteiger partial charge in [-0.2, -0.15) is 0 Å². The van der Waals surface area contributed by atoms with Crippen LogP contribution in [0.1, 0.15) is 0 Å². The first-order chi connectivity index (χ1) is 48.6. The molecule has 0 saturated carbocycles. The van der Waals surface area contributed by atoms with E-state index in [9.17, 15) is 0 Å². The number of hydrogen-bond acceptors (Lipinski definition) is 8. The van der Waals surface area contributed by atoms with Crippen LogP contribution in [0.2, 0.25) is 0 Å². The predicted molar refractivity (Wildman–Crippen MR) is 407 cm³/mol. The number of pyridine rings is 4. The summed E-state index contributed by atoms with van der Waals surface area (Å²) < 4.78 is 13.8. The predicted octanol–water partition coefficient (Wildman–Crippen LogP) is 24.0. The van der Waals surface area contributed by atoms with Crippen molar-refractivity contribution in [2.45, 2.75) is 0 Å². The highest BCUT2D eigenvalue weighted by molar-refractivity contribution is 7.25. The second kappa shape index (κ2) is 22.3. The smallest absolute Gasteiger partial charge is 0.161 e. The van der Waals surface area contributed by atoms with E-state index in [4.69, 9.17) is 24.4 Å². The molecule has 0 spiro atoms. The molecule has 0 aliphatic heterocycles. The van der Waals surface area contributed by atoms with E-state index >= 15 is 0 Å². The van der Waals surface area contributed by atoms with Crippen molar-refractivity contribution in [3.63, 3.8) is 0 Å². The summed E-state index contributed by atoms with van der Waals surface area (Å²) in [6, 6.07) is 113. The summed E-state index contributed by atoms with van der Waals surface area (Å²) in [4.78, 5) is 25.3. The van der Waals surface area contributed by atoms with Gasteiger partial charge in [0.05, 0.1) is 27.8 Å². The summed E-state index contributed by atoms with van der Waals surface area (Å²) in [7, 11) is 0. The van der Waals surface area contributed by atoms with Crippen LogP contribution >= 0.6 is 11.3 Å². The van der Waals surface area contributed by atoms with Crippen LogP contribution in [0.25, 0.3) is 153 Å². The zero-order valence-electron chi connectivity index (χ0n) is 52.6. The molecule has 8 aromatic heterocycles. The molecule has 0 fully saturated rings. The standard InChI is InChI=1S/C88H54N8OS/c1-3-19-61(20-4-1)93(65-45-46-81-74(53-65)70-26-10-14-34-80(70)98-81)63-41-37-56(38-42-63)73-51-59(52-75-68-24-8-12-31-77(68)96(85(73)75)82-47-39-57-18-17-49-89-87(57)91-82)60-50-58-40-48-83(92-88(58)90-54-60)95-76-30-11-7-23-67(76)71-28-15-27-66(84(71)95)55-35-43-64(44-36-55)94(62-21-5-2-6-22-62)78-32-16-29-72-69-25-9-13-33-79(69)97-86(72)78/h1-54H. The van der Waals surface area contributed by atoms with Crippen molar-refractivity contribution in [2.75, 3.05) is 9.80 Å². The Bertz CT molecular complexity index is 6570. The lowest BCUT2D eigenvalue weighted by Gasteiger charge is -2.26. The van der Waals surface area contributed by atoms with Gasteiger partial charge in [-0.1, -0.05) is 164 Å². The van der Waals surface area contributed by atoms with Crippen molar-refractivity contribution in [3.8, 4) is 45.0 Å². The Balaban J connectivity index is 0.709. The topological polar surface area (TPSA) is 81.0 Å². The SMILES string of the molecule is c1ccc(N(c2ccc(-c3cc(-c4cnc5nc(-n6c7ccccc7c7cccc(-c8ccc(N(c9ccccc9)c9cccc%10c9oc9ccccc9%10)cc8)c76)ccc5c4)cc4c5ccccc5n(-c5ccc6cccnc6n5)c34)cc2)c2ccc3sc4ccccc4c3c2)cc1. The highest BCUT2D eigenvalue weighted by Crippen LogP contribution is 2.47. The number of para-hydroxylation sites is 7. The van der Waals surface area contributed by atoms with Crippen LogP contribution < -0.4 is 9.80 Å². The molecule has 0 amide bonds. The molecular weight excluding hydrogens is 1220 g/mol. The second-order valence-corrected chi connectivity index (χ2v) is 26.0. The zero-order valence-corrected chi connectivity index (χ0v) is 53.4. The van der Waals surface area contributed by atoms with Gasteiger partial charge in [0, 0.05) is 121 Å². The summed E-state index contributed by atoms with van der Waals surface area (Å²) in [6.45, 7) is 0. The van der Waals surface area contributed by atoms with Crippen LogP contribution in [-0.4, -0.2) is 29.1 Å². The number of furan rings is 1. The molecule has 0 aliphatic carbocycles. The summed E-state index contributed by atoms with van der Waals surface area (Å²) in [5.41, 5.74) is 19.8. The number of rotatable bonds is 11. The van der Waals surface area contributed by atoms with Crippen molar-refractivity contribution in [1.82, 2.24) is 29.1 Å². The first-order valence-electron chi connectivity index (χ1n) is 32.9. The van der Waals surface area contributed by atoms with Crippen LogP contribution in [-0.2, 0) is 0 Å². The highest BCUT2D eigenvalue weighted by atomic mass is 32.1. The molecule has 0 unspecified atom stereocenters. The number of hydrogen-bond donors (Lipinski definition) is 0. The molecule has 0 atom stereocenters. The maximum Gasteiger partial charge on any atom is 0.161 e. The number of aromatic nitrogens is 6. The summed E-state index contributed by atoms with van der Waals surface area (Å²) in [6.07, 6.45) is 3.80. The minimum Gasteiger partial charge on any atom is -0.454 e. The molecule has 20 aromatic rings. The average Bonchev–Trinajstić information content (AvgIpc) is 1.57. The number of anilines is 6. The first kappa shape index (κ1) is 55.4. The van der Waals surface area contributed by atoms with E-state index in [-0.39, 0.29) is 0 Å². The fraction of sp³-hybridized carbons (Fsp3) is 0. The minimum absolute atomic E-state index is 0.651. The third-order valence-corrected chi connectivity index (χ3v) is 20.5. The van der Waals surface area contributed by atoms with Gasteiger partial charge in [-0.15, -0.1) is 11.3 Å². The van der Waals surface area contributed by atoms with Crippen LogP contribution in [0, 0.1) is 0 Å². The second-order valence-electron chi connectivity index (χ2n) is 25.0. The Morgan fingerprint density at radius 2 is 0.878 bits per heavy atom. The summed E-state index contributed by atoms with van der Waals surface area (Å²) >= 11 is 1.84. The van der Waals surface area contributed by atoms with Crippen molar-refractivity contribution >= 4 is 153 Å². The van der Waals surface area contributed by atoms with E-state index in [1.165, 1.54) is 20.2 Å². The summed E-state index contributed by atoms with van der Waals surface area (Å²) in [5, 5.41) is 11.1. The Morgan fingerprint density at radius 1 is 0.316 bits per heavy atom. The molecule has 0 N–H and O–H groups in total. The van der Waals surface area contributed by atoms with Gasteiger partial charge in [0.25, 0.3) is 0 Å². The number of fused-ring (bicyclic) bond motifs is 14. The van der Waals surface area contributed by atoms with Gasteiger partial charge in [-0.3, -0.25) is 9.13 Å². The van der Waals surface area contributed by atoms with Crippen molar-refractivity contribution in [1.29, 1.82) is 0 Å². The monoisotopic (exact) mass is 1270 g/mol. The molecule has 0 saturated heterocycles. The normalized spacial score (nSPS) is 11.9. The van der Waals surface area contributed by atoms with Crippen LogP contribution in [0.15, 0.2) is 332 Å². The van der Waals surface area contributed by atoms with Gasteiger partial charge in [0.1, 0.15) is 17.2 Å².